The van der Waals surface area contributed by atoms with Crippen molar-refractivity contribution in [1.82, 2.24) is 0 Å². The number of carbonyl (C=O) groups is 3. The van der Waals surface area contributed by atoms with E-state index in [-0.39, 0.29) is 26.5 Å². The van der Waals surface area contributed by atoms with Crippen LogP contribution in [0.15, 0.2) is 60.7 Å². The Morgan fingerprint density at radius 3 is 1.76 bits per heavy atom. The lowest BCUT2D eigenvalue weighted by Crippen LogP contribution is -2.61. The van der Waals surface area contributed by atoms with Crippen LogP contribution in [0.25, 0.3) is 0 Å². The maximum absolute atomic E-state index is 13.7. The monoisotopic (exact) mass is 937 g/mol. The van der Waals surface area contributed by atoms with Crippen LogP contribution < -0.4 is 28.4 Å². The fourth-order valence-electron chi connectivity index (χ4n) is 11.3. The lowest BCUT2D eigenvalue weighted by atomic mass is 9.83. The first-order valence-electron chi connectivity index (χ1n) is 24.6. The summed E-state index contributed by atoms with van der Waals surface area (Å²) in [5.74, 6) is 0.787. The molecule has 13 nitrogen and oxygen atoms in total. The number of quaternary nitrogens is 2. The van der Waals surface area contributed by atoms with Gasteiger partial charge in [0.2, 0.25) is 5.75 Å². The Hall–Kier alpha value is -5.79. The standard InChI is InChI=1S/C55H70N2O11/c1-9-11-13-15-17-42(54(59)60)56(4)27-25-38-32-47(64-7)49-34-41(38)44(56)29-36-19-22-40(23-20-36)67-48-31-37(21-24-46(48)63-6)30-45-51-39(33-50(65-8)52(53(51)68-49)66-35(3)58)26-28-57(45,5)43(55(61)62)18-16-14-12-10-2/h19-24,31-34,42-45H,9-18,25-30H2,1-8H3/p+2. The quantitative estimate of drug-likeness (QED) is 0.0425. The van der Waals surface area contributed by atoms with E-state index in [2.05, 4.69) is 20.9 Å². The molecule has 0 saturated carbocycles. The minimum atomic E-state index is -0.876. The Morgan fingerprint density at radius 2 is 1.19 bits per heavy atom. The Morgan fingerprint density at radius 1 is 0.647 bits per heavy atom. The molecule has 4 aromatic carbocycles. The Balaban J connectivity index is 1.52. The van der Waals surface area contributed by atoms with Crippen molar-refractivity contribution in [3.8, 4) is 46.0 Å². The second kappa shape index (κ2) is 21.7. The van der Waals surface area contributed by atoms with Crippen molar-refractivity contribution < 1.29 is 62.0 Å². The number of hydrogen-bond acceptors (Lipinski definition) is 9. The summed E-state index contributed by atoms with van der Waals surface area (Å²) >= 11 is 0. The number of carbonyl (C=O) groups excluding carboxylic acids is 1. The number of carboxylic acids is 2. The maximum atomic E-state index is 13.7. The minimum absolute atomic E-state index is 0.0784. The molecule has 8 rings (SSSR count). The summed E-state index contributed by atoms with van der Waals surface area (Å²) in [6, 6.07) is 17.4. The summed E-state index contributed by atoms with van der Waals surface area (Å²) in [5, 5.41) is 22.2. The van der Waals surface area contributed by atoms with Gasteiger partial charge in [-0.05, 0) is 77.6 Å². The van der Waals surface area contributed by atoms with Gasteiger partial charge in [0, 0.05) is 51.0 Å². The molecular formula is C55H72N2O11+2. The normalized spacial score (nSPS) is 21.4. The summed E-state index contributed by atoms with van der Waals surface area (Å²) < 4.78 is 38.4. The third-order valence-electron chi connectivity index (χ3n) is 15.2. The number of rotatable bonds is 18. The SMILES string of the molecule is CCCCCCC(C(=O)O)[N+]1(C)CCc2cc(OC)c3cc2C1Cc1ccc(cc1)Oc1cc(ccc1OC)CC1c2c(cc(OC)c(OC(C)=O)c2O3)CC[N+]1(C)C(CCCCCC)C(=O)O. The molecule has 0 aromatic heterocycles. The summed E-state index contributed by atoms with van der Waals surface area (Å²) in [5.41, 5.74) is 5.45. The number of nitrogens with zero attached hydrogens (tertiary/aromatic N) is 2. The third-order valence-corrected chi connectivity index (χ3v) is 15.2. The molecule has 4 aliphatic heterocycles. The van der Waals surface area contributed by atoms with Crippen LogP contribution in [0.5, 0.6) is 46.0 Å². The smallest absolute Gasteiger partial charge is 0.362 e. The number of unbranched alkanes of at least 4 members (excludes halogenated alkanes) is 6. The first-order valence-corrected chi connectivity index (χ1v) is 24.6. The highest BCUT2D eigenvalue weighted by molar-refractivity contribution is 5.75. The van der Waals surface area contributed by atoms with E-state index in [1.165, 1.54) is 14.0 Å². The van der Waals surface area contributed by atoms with Crippen molar-refractivity contribution in [2.24, 2.45) is 0 Å². The number of carboxylic acid groups (broad SMARTS) is 2. The average Bonchev–Trinajstić information content (AvgIpc) is 3.31. The molecule has 0 spiro atoms. The van der Waals surface area contributed by atoms with Crippen molar-refractivity contribution >= 4 is 17.9 Å². The number of fused-ring (bicyclic) bond motifs is 2. The third kappa shape index (κ3) is 10.3. The first-order chi connectivity index (χ1) is 32.7. The summed E-state index contributed by atoms with van der Waals surface area (Å²) in [6.45, 7) is 6.73. The molecule has 0 radical (unpaired) electrons. The van der Waals surface area contributed by atoms with Gasteiger partial charge in [-0.25, -0.2) is 9.59 Å². The van der Waals surface area contributed by atoms with Crippen molar-refractivity contribution in [3.63, 3.8) is 0 Å². The van der Waals surface area contributed by atoms with Gasteiger partial charge >= 0.3 is 17.9 Å². The van der Waals surface area contributed by atoms with E-state index in [0.717, 1.165) is 79.2 Å². The predicted octanol–water partition coefficient (Wildman–Crippen LogP) is 11.0. The second-order valence-electron chi connectivity index (χ2n) is 19.4. The van der Waals surface area contributed by atoms with E-state index in [9.17, 15) is 24.6 Å². The van der Waals surface area contributed by atoms with Gasteiger partial charge in [-0.1, -0.05) is 70.6 Å². The minimum Gasteiger partial charge on any atom is -0.493 e. The predicted molar refractivity (Wildman–Crippen MR) is 260 cm³/mol. The molecule has 6 bridgehead atoms. The molecule has 6 unspecified atom stereocenters. The Bertz CT molecular complexity index is 2450. The molecule has 2 N–H and O–H groups in total. The van der Waals surface area contributed by atoms with Crippen LogP contribution >= 0.6 is 0 Å². The number of hydrogen-bond donors (Lipinski definition) is 2. The molecule has 6 atom stereocenters. The van der Waals surface area contributed by atoms with E-state index in [0.29, 0.717) is 91.7 Å². The van der Waals surface area contributed by atoms with E-state index in [4.69, 9.17) is 28.4 Å². The van der Waals surface area contributed by atoms with E-state index < -0.39 is 36.0 Å². The molecule has 4 aromatic rings. The first kappa shape index (κ1) is 50.1. The Kier molecular flexibility index (Phi) is 16.0. The van der Waals surface area contributed by atoms with Gasteiger partial charge in [0.05, 0.1) is 54.1 Å². The van der Waals surface area contributed by atoms with Crippen LogP contribution in [0, 0.1) is 0 Å². The fraction of sp³-hybridized carbons (Fsp3) is 0.509. The van der Waals surface area contributed by atoms with Crippen LogP contribution in [0.4, 0.5) is 0 Å². The van der Waals surface area contributed by atoms with Gasteiger partial charge in [-0.2, -0.15) is 0 Å². The molecule has 68 heavy (non-hydrogen) atoms. The molecule has 0 aliphatic carbocycles. The number of likely N-dealkylation sites (N-methyl/N-ethyl adjacent to an activating group) is 2. The summed E-state index contributed by atoms with van der Waals surface area (Å²) in [6.07, 6.45) is 10.6. The van der Waals surface area contributed by atoms with E-state index >= 15 is 0 Å². The average molecular weight is 937 g/mol. The van der Waals surface area contributed by atoms with Gasteiger partial charge in [0.25, 0.3) is 0 Å². The van der Waals surface area contributed by atoms with Crippen LogP contribution in [-0.2, 0) is 40.1 Å². The van der Waals surface area contributed by atoms with E-state index in [1.807, 2.05) is 67.7 Å². The van der Waals surface area contributed by atoms with Crippen molar-refractivity contribution in [3.05, 3.63) is 94.0 Å². The van der Waals surface area contributed by atoms with Crippen molar-refractivity contribution in [2.75, 3.05) is 48.5 Å². The van der Waals surface area contributed by atoms with Gasteiger partial charge in [0.1, 0.15) is 17.8 Å². The highest BCUT2D eigenvalue weighted by atomic mass is 16.6. The summed E-state index contributed by atoms with van der Waals surface area (Å²) in [7, 11) is 8.83. The maximum Gasteiger partial charge on any atom is 0.362 e. The molecule has 4 aliphatic rings. The molecule has 0 amide bonds. The molecule has 0 saturated heterocycles. The van der Waals surface area contributed by atoms with Crippen LogP contribution in [0.2, 0.25) is 0 Å². The number of ether oxygens (including phenoxy) is 6. The molecule has 13 heteroatoms. The fourth-order valence-corrected chi connectivity index (χ4v) is 11.3. The molecule has 4 heterocycles. The highest BCUT2D eigenvalue weighted by Gasteiger charge is 2.51. The van der Waals surface area contributed by atoms with Crippen LogP contribution in [0.3, 0.4) is 0 Å². The highest BCUT2D eigenvalue weighted by Crippen LogP contribution is 2.55. The van der Waals surface area contributed by atoms with Gasteiger partial charge < -0.3 is 47.6 Å². The number of aliphatic carboxylic acids is 2. The molecular weight excluding hydrogens is 865 g/mol. The lowest BCUT2D eigenvalue weighted by molar-refractivity contribution is -0.956. The largest absolute Gasteiger partial charge is 0.493 e. The van der Waals surface area contributed by atoms with Gasteiger partial charge in [0.15, 0.2) is 46.6 Å². The second-order valence-corrected chi connectivity index (χ2v) is 19.4. The topological polar surface area (TPSA) is 147 Å². The number of esters is 1. The zero-order valence-electron chi connectivity index (χ0n) is 41.4. The van der Waals surface area contributed by atoms with Crippen molar-refractivity contribution in [1.29, 1.82) is 0 Å². The van der Waals surface area contributed by atoms with Crippen LogP contribution in [0.1, 0.15) is 130 Å². The van der Waals surface area contributed by atoms with Gasteiger partial charge in [-0.3, -0.25) is 4.79 Å². The zero-order valence-corrected chi connectivity index (χ0v) is 41.4. The van der Waals surface area contributed by atoms with Gasteiger partial charge in [-0.15, -0.1) is 0 Å². The summed E-state index contributed by atoms with van der Waals surface area (Å²) in [4.78, 5) is 40.3. The molecule has 0 fully saturated rings. The van der Waals surface area contributed by atoms with E-state index in [1.54, 1.807) is 14.2 Å². The van der Waals surface area contributed by atoms with Crippen LogP contribution in [-0.4, -0.2) is 97.7 Å². The number of benzene rings is 4. The number of methoxy groups -OCH3 is 3. The Labute approximate surface area is 402 Å². The lowest BCUT2D eigenvalue weighted by Gasteiger charge is -2.49. The van der Waals surface area contributed by atoms with Crippen molar-refractivity contribution in [2.45, 2.75) is 135 Å². The molecule has 366 valence electrons. The zero-order chi connectivity index (χ0) is 48.8.